The molecule has 0 saturated carbocycles. The Morgan fingerprint density at radius 3 is 2.62 bits per heavy atom. The van der Waals surface area contributed by atoms with Crippen LogP contribution < -0.4 is 0 Å². The van der Waals surface area contributed by atoms with E-state index < -0.39 is 0 Å². The molecule has 0 saturated heterocycles. The lowest BCUT2D eigenvalue weighted by Gasteiger charge is -2.21. The van der Waals surface area contributed by atoms with Crippen molar-refractivity contribution in [3.8, 4) is 0 Å². The lowest BCUT2D eigenvalue weighted by atomic mass is 10.1. The highest BCUT2D eigenvalue weighted by atomic mass is 16.5. The minimum atomic E-state index is -0.185. The van der Waals surface area contributed by atoms with Crippen molar-refractivity contribution in [1.82, 2.24) is 0 Å². The van der Waals surface area contributed by atoms with Gasteiger partial charge < -0.3 is 9.84 Å². The fourth-order valence-electron chi connectivity index (χ4n) is 1.18. The van der Waals surface area contributed by atoms with Crippen molar-refractivity contribution in [2.75, 3.05) is 6.61 Å². The van der Waals surface area contributed by atoms with Gasteiger partial charge in [0.05, 0.1) is 12.2 Å². The summed E-state index contributed by atoms with van der Waals surface area (Å²) in [4.78, 5) is 10.9. The molecular formula is C10H16O3. The first kappa shape index (κ1) is 10.3. The summed E-state index contributed by atoms with van der Waals surface area (Å²) in [5.41, 5.74) is -0.185. The molecule has 1 unspecified atom stereocenters. The number of hydrogen-bond donors (Lipinski definition) is 1. The van der Waals surface area contributed by atoms with Gasteiger partial charge in [-0.15, -0.1) is 0 Å². The summed E-state index contributed by atoms with van der Waals surface area (Å²) in [7, 11) is 0. The fraction of sp³-hybridized carbons (Fsp3) is 0.700. The Labute approximate surface area is 78.4 Å². The Balaban J connectivity index is 2.38. The van der Waals surface area contributed by atoms with Crippen LogP contribution >= 0.6 is 0 Å². The number of aliphatic hydroxyl groups is 1. The molecule has 1 aliphatic rings. The topological polar surface area (TPSA) is 46.5 Å². The van der Waals surface area contributed by atoms with Crippen LogP contribution in [-0.4, -0.2) is 23.1 Å². The third-order valence-corrected chi connectivity index (χ3v) is 1.86. The zero-order valence-corrected chi connectivity index (χ0v) is 8.33. The van der Waals surface area contributed by atoms with Crippen molar-refractivity contribution < 1.29 is 14.6 Å². The molecule has 0 bridgehead atoms. The van der Waals surface area contributed by atoms with Crippen LogP contribution in [0.15, 0.2) is 11.8 Å². The van der Waals surface area contributed by atoms with Gasteiger partial charge in [0.15, 0.2) is 11.5 Å². The number of aliphatic hydroxyl groups excluding tert-OH is 1. The molecule has 13 heavy (non-hydrogen) atoms. The van der Waals surface area contributed by atoms with E-state index in [-0.39, 0.29) is 23.1 Å². The normalized spacial score (nSPS) is 23.5. The zero-order chi connectivity index (χ0) is 10.1. The Hall–Kier alpha value is -0.830. The largest absolute Gasteiger partial charge is 0.505 e. The van der Waals surface area contributed by atoms with Crippen LogP contribution in [0.4, 0.5) is 0 Å². The molecule has 0 fully saturated rings. The Bertz CT molecular complexity index is 235. The van der Waals surface area contributed by atoms with E-state index in [1.807, 2.05) is 20.8 Å². The number of Topliss-reactive ketones (excluding diaryl/α,β-unsaturated/α-hetero) is 1. The van der Waals surface area contributed by atoms with Crippen LogP contribution in [0.3, 0.4) is 0 Å². The number of hydrogen-bond acceptors (Lipinski definition) is 3. The smallest absolute Gasteiger partial charge is 0.197 e. The highest BCUT2D eigenvalue weighted by Gasteiger charge is 2.24. The maximum Gasteiger partial charge on any atom is 0.197 e. The molecule has 0 amide bonds. The molecule has 3 heteroatoms. The van der Waals surface area contributed by atoms with Crippen LogP contribution in [0.25, 0.3) is 0 Å². The number of rotatable bonds is 2. The molecule has 1 N–H and O–H groups in total. The second kappa shape index (κ2) is 3.50. The first-order valence-electron chi connectivity index (χ1n) is 4.46. The van der Waals surface area contributed by atoms with E-state index in [1.165, 1.54) is 0 Å². The van der Waals surface area contributed by atoms with Crippen molar-refractivity contribution in [3.05, 3.63) is 11.8 Å². The van der Waals surface area contributed by atoms with Gasteiger partial charge in [-0.2, -0.15) is 0 Å². The minimum Gasteiger partial charge on any atom is -0.505 e. The van der Waals surface area contributed by atoms with Gasteiger partial charge in [0, 0.05) is 12.3 Å². The summed E-state index contributed by atoms with van der Waals surface area (Å²) >= 11 is 0. The maximum atomic E-state index is 10.9. The first-order valence-corrected chi connectivity index (χ1v) is 4.46. The summed E-state index contributed by atoms with van der Waals surface area (Å²) in [6.07, 6.45) is 1.95. The van der Waals surface area contributed by atoms with E-state index in [4.69, 9.17) is 9.84 Å². The summed E-state index contributed by atoms with van der Waals surface area (Å²) in [5.74, 6) is -0.239. The molecule has 0 aromatic heterocycles. The Morgan fingerprint density at radius 2 is 2.23 bits per heavy atom. The molecular weight excluding hydrogens is 168 g/mol. The lowest BCUT2D eigenvalue weighted by molar-refractivity contribution is -0.118. The van der Waals surface area contributed by atoms with Crippen molar-refractivity contribution in [2.45, 2.75) is 32.8 Å². The van der Waals surface area contributed by atoms with Gasteiger partial charge in [-0.25, -0.2) is 0 Å². The van der Waals surface area contributed by atoms with Gasteiger partial charge in [0.2, 0.25) is 0 Å². The fourth-order valence-corrected chi connectivity index (χ4v) is 1.18. The van der Waals surface area contributed by atoms with Crippen molar-refractivity contribution in [1.29, 1.82) is 0 Å². The van der Waals surface area contributed by atoms with Gasteiger partial charge in [0.1, 0.15) is 0 Å². The van der Waals surface area contributed by atoms with E-state index in [2.05, 4.69) is 0 Å². The molecule has 0 aromatic rings. The predicted molar refractivity (Wildman–Crippen MR) is 49.5 cm³/mol. The van der Waals surface area contributed by atoms with Crippen LogP contribution in [0, 0.1) is 5.92 Å². The SMILES string of the molecule is CC(C)(C)OCC1C=C(O)C(=O)C1. The second-order valence-electron chi connectivity index (χ2n) is 4.36. The van der Waals surface area contributed by atoms with Gasteiger partial charge >= 0.3 is 0 Å². The Kier molecular flexibility index (Phi) is 2.76. The van der Waals surface area contributed by atoms with Crippen LogP contribution in [-0.2, 0) is 9.53 Å². The molecule has 0 radical (unpaired) electrons. The van der Waals surface area contributed by atoms with E-state index in [0.29, 0.717) is 13.0 Å². The summed E-state index contributed by atoms with van der Waals surface area (Å²) < 4.78 is 5.50. The van der Waals surface area contributed by atoms with Crippen LogP contribution in [0.5, 0.6) is 0 Å². The number of allylic oxidation sites excluding steroid dienone is 1. The highest BCUT2D eigenvalue weighted by molar-refractivity contribution is 5.95. The average Bonchev–Trinajstić information content (AvgIpc) is 2.27. The van der Waals surface area contributed by atoms with Gasteiger partial charge in [0.25, 0.3) is 0 Å². The van der Waals surface area contributed by atoms with Crippen LogP contribution in [0.2, 0.25) is 0 Å². The number of carbonyl (C=O) groups excluding carboxylic acids is 1. The third-order valence-electron chi connectivity index (χ3n) is 1.86. The van der Waals surface area contributed by atoms with Crippen molar-refractivity contribution in [3.63, 3.8) is 0 Å². The molecule has 0 spiro atoms. The standard InChI is InChI=1S/C10H16O3/c1-10(2,3)13-6-7-4-8(11)9(12)5-7/h4,7,11H,5-6H2,1-3H3. The predicted octanol–water partition coefficient (Wildman–Crippen LogP) is 1.83. The monoisotopic (exact) mass is 184 g/mol. The number of ketones is 1. The third kappa shape index (κ3) is 3.19. The van der Waals surface area contributed by atoms with Crippen molar-refractivity contribution >= 4 is 5.78 Å². The van der Waals surface area contributed by atoms with Crippen molar-refractivity contribution in [2.24, 2.45) is 5.92 Å². The molecule has 0 aromatic carbocycles. The quantitative estimate of drug-likeness (QED) is 0.712. The molecule has 3 nitrogen and oxygen atoms in total. The minimum absolute atomic E-state index is 0.0479. The van der Waals surface area contributed by atoms with E-state index in [0.717, 1.165) is 0 Å². The molecule has 1 aliphatic carbocycles. The average molecular weight is 184 g/mol. The molecule has 0 heterocycles. The molecule has 0 aliphatic heterocycles. The lowest BCUT2D eigenvalue weighted by Crippen LogP contribution is -2.22. The van der Waals surface area contributed by atoms with E-state index >= 15 is 0 Å². The van der Waals surface area contributed by atoms with E-state index in [1.54, 1.807) is 6.08 Å². The van der Waals surface area contributed by atoms with Gasteiger partial charge in [-0.3, -0.25) is 4.79 Å². The highest BCUT2D eigenvalue weighted by Crippen LogP contribution is 2.21. The Morgan fingerprint density at radius 1 is 1.62 bits per heavy atom. The van der Waals surface area contributed by atoms with E-state index in [9.17, 15) is 4.79 Å². The molecule has 1 atom stereocenters. The van der Waals surface area contributed by atoms with Gasteiger partial charge in [-0.1, -0.05) is 0 Å². The summed E-state index contributed by atoms with van der Waals surface area (Å²) in [6.45, 7) is 6.40. The second-order valence-corrected chi connectivity index (χ2v) is 4.36. The van der Waals surface area contributed by atoms with Gasteiger partial charge in [-0.05, 0) is 26.8 Å². The molecule has 74 valence electrons. The zero-order valence-electron chi connectivity index (χ0n) is 8.33. The molecule has 1 rings (SSSR count). The number of carbonyl (C=O) groups is 1. The van der Waals surface area contributed by atoms with Crippen LogP contribution in [0.1, 0.15) is 27.2 Å². The summed E-state index contributed by atoms with van der Waals surface area (Å²) in [6, 6.07) is 0. The summed E-state index contributed by atoms with van der Waals surface area (Å²) in [5, 5.41) is 9.05. The number of ether oxygens (including phenoxy) is 1. The first-order chi connectivity index (χ1) is 5.88. The maximum absolute atomic E-state index is 10.9.